The lowest BCUT2D eigenvalue weighted by Crippen LogP contribution is -2.45. The molecule has 2 aromatic rings. The first-order chi connectivity index (χ1) is 14.8. The van der Waals surface area contributed by atoms with Crippen LogP contribution in [0.1, 0.15) is 48.4 Å². The van der Waals surface area contributed by atoms with E-state index in [2.05, 4.69) is 5.32 Å². The van der Waals surface area contributed by atoms with Crippen molar-refractivity contribution in [2.45, 2.75) is 39.5 Å². The molecule has 2 atom stereocenters. The molecular formula is C23H26INO6. The van der Waals surface area contributed by atoms with Gasteiger partial charge >= 0.3 is 18.0 Å². The van der Waals surface area contributed by atoms with Gasteiger partial charge in [0.1, 0.15) is 23.4 Å². The summed E-state index contributed by atoms with van der Waals surface area (Å²) in [6.45, 7) is 5.44. The van der Waals surface area contributed by atoms with E-state index in [0.717, 1.165) is 5.56 Å². The fourth-order valence-electron chi connectivity index (χ4n) is 2.73. The van der Waals surface area contributed by atoms with Gasteiger partial charge in [-0.15, -0.1) is 0 Å². The van der Waals surface area contributed by atoms with Crippen molar-refractivity contribution in [2.24, 2.45) is 5.92 Å². The Hall–Kier alpha value is -2.62. The molecule has 0 saturated carbocycles. The topological polar surface area (TPSA) is 90.9 Å². The molecule has 0 aromatic heterocycles. The van der Waals surface area contributed by atoms with Crippen molar-refractivity contribution in [1.82, 2.24) is 5.32 Å². The smallest absolute Gasteiger partial charge is 0.408 e. The number of esters is 2. The zero-order valence-corrected chi connectivity index (χ0v) is 19.8. The summed E-state index contributed by atoms with van der Waals surface area (Å²) >= 11 is 1.95. The van der Waals surface area contributed by atoms with Gasteiger partial charge in [0.2, 0.25) is 0 Å². The summed E-state index contributed by atoms with van der Waals surface area (Å²) in [6.07, 6.45) is -1.25. The maximum absolute atomic E-state index is 12.7. The third kappa shape index (κ3) is 7.86. The average Bonchev–Trinajstić information content (AvgIpc) is 2.76. The molecule has 0 aliphatic rings. The molecule has 0 saturated heterocycles. The van der Waals surface area contributed by atoms with Crippen molar-refractivity contribution in [3.05, 3.63) is 71.3 Å². The number of nitrogens with one attached hydrogen (secondary N) is 1. The number of benzene rings is 2. The summed E-state index contributed by atoms with van der Waals surface area (Å²) in [6, 6.07) is 15.0. The van der Waals surface area contributed by atoms with Crippen LogP contribution in [0.4, 0.5) is 4.79 Å². The lowest BCUT2D eigenvalue weighted by molar-refractivity contribution is -0.152. The first kappa shape index (κ1) is 24.6. The predicted molar refractivity (Wildman–Crippen MR) is 124 cm³/mol. The largest absolute Gasteiger partial charge is 0.456 e. The van der Waals surface area contributed by atoms with Crippen LogP contribution >= 0.6 is 22.6 Å². The van der Waals surface area contributed by atoms with Crippen LogP contribution in [0.15, 0.2) is 54.6 Å². The van der Waals surface area contributed by atoms with E-state index in [0.29, 0.717) is 11.1 Å². The van der Waals surface area contributed by atoms with E-state index in [1.54, 1.807) is 31.2 Å². The fraction of sp³-hybridized carbons (Fsp3) is 0.348. The predicted octanol–water partition coefficient (Wildman–Crippen LogP) is 4.79. The maximum atomic E-state index is 12.7. The quantitative estimate of drug-likeness (QED) is 0.213. The number of carbonyl (C=O) groups is 3. The van der Waals surface area contributed by atoms with Gasteiger partial charge in [0.05, 0.1) is 5.56 Å². The number of rotatable bonds is 9. The molecule has 2 aromatic carbocycles. The first-order valence-corrected chi connectivity index (χ1v) is 11.3. The monoisotopic (exact) mass is 539 g/mol. The molecular weight excluding hydrogens is 513 g/mol. The highest BCUT2D eigenvalue weighted by molar-refractivity contribution is 14.1. The van der Waals surface area contributed by atoms with Crippen LogP contribution in [-0.4, -0.2) is 28.7 Å². The third-order valence-electron chi connectivity index (χ3n) is 4.50. The second-order valence-electron chi connectivity index (χ2n) is 7.17. The number of hydrogen-bond acceptors (Lipinski definition) is 6. The number of carbonyl (C=O) groups excluding carboxylic acids is 3. The Morgan fingerprint density at radius 1 is 0.935 bits per heavy atom. The number of alkyl halides is 1. The molecule has 2 rings (SSSR count). The molecule has 1 amide bonds. The van der Waals surface area contributed by atoms with Crippen LogP contribution in [0.5, 0.6) is 0 Å². The molecule has 1 unspecified atom stereocenters. The molecule has 0 fully saturated rings. The van der Waals surface area contributed by atoms with Gasteiger partial charge < -0.3 is 19.5 Å². The molecule has 0 radical (unpaired) electrons. The third-order valence-corrected chi connectivity index (χ3v) is 4.81. The summed E-state index contributed by atoms with van der Waals surface area (Å²) in [5, 5.41) is 2.58. The van der Waals surface area contributed by atoms with Crippen molar-refractivity contribution in [3.8, 4) is 0 Å². The van der Waals surface area contributed by atoms with Crippen molar-refractivity contribution in [1.29, 1.82) is 0 Å². The van der Waals surface area contributed by atoms with Crippen LogP contribution in [0, 0.1) is 5.92 Å². The Kier molecular flexibility index (Phi) is 9.77. The average molecular weight is 539 g/mol. The summed E-state index contributed by atoms with van der Waals surface area (Å²) in [5.41, 5.74) is 1.98. The Morgan fingerprint density at radius 2 is 1.58 bits per heavy atom. The van der Waals surface area contributed by atoms with Gasteiger partial charge in [0, 0.05) is 0 Å². The second-order valence-corrected chi connectivity index (χ2v) is 7.79. The van der Waals surface area contributed by atoms with Gasteiger partial charge in [-0.25, -0.2) is 14.4 Å². The van der Waals surface area contributed by atoms with E-state index >= 15 is 0 Å². The van der Waals surface area contributed by atoms with Gasteiger partial charge in [0.15, 0.2) is 0 Å². The second kappa shape index (κ2) is 12.3. The number of ether oxygens (including phenoxy) is 3. The lowest BCUT2D eigenvalue weighted by Gasteiger charge is -2.23. The van der Waals surface area contributed by atoms with Crippen LogP contribution in [0.3, 0.4) is 0 Å². The van der Waals surface area contributed by atoms with Crippen molar-refractivity contribution in [2.75, 3.05) is 4.61 Å². The molecule has 0 spiro atoms. The number of amides is 1. The highest BCUT2D eigenvalue weighted by Gasteiger charge is 2.28. The zero-order valence-electron chi connectivity index (χ0n) is 17.7. The Balaban J connectivity index is 1.93. The normalized spacial score (nSPS) is 12.5. The maximum Gasteiger partial charge on any atom is 0.408 e. The molecule has 0 aliphatic heterocycles. The number of alkyl carbamates (subject to hydrolysis) is 1. The van der Waals surface area contributed by atoms with Gasteiger partial charge in [-0.05, 0) is 58.7 Å². The Morgan fingerprint density at radius 3 is 2.16 bits per heavy atom. The number of halogens is 1. The zero-order chi connectivity index (χ0) is 22.8. The molecule has 31 heavy (non-hydrogen) atoms. The van der Waals surface area contributed by atoms with Crippen LogP contribution < -0.4 is 5.32 Å². The van der Waals surface area contributed by atoms with Gasteiger partial charge in [-0.2, -0.15) is 0 Å². The van der Waals surface area contributed by atoms with Crippen LogP contribution in [-0.2, 0) is 25.6 Å². The lowest BCUT2D eigenvalue weighted by atomic mass is 10.0. The summed E-state index contributed by atoms with van der Waals surface area (Å²) < 4.78 is 16.0. The first-order valence-electron chi connectivity index (χ1n) is 9.82. The highest BCUT2D eigenvalue weighted by Crippen LogP contribution is 2.20. The van der Waals surface area contributed by atoms with Gasteiger partial charge in [-0.3, -0.25) is 0 Å². The van der Waals surface area contributed by atoms with Crippen molar-refractivity contribution < 1.29 is 28.6 Å². The van der Waals surface area contributed by atoms with Crippen molar-refractivity contribution in [3.63, 3.8) is 0 Å². The molecule has 0 aliphatic carbocycles. The molecule has 8 heteroatoms. The summed E-state index contributed by atoms with van der Waals surface area (Å²) in [7, 11) is 0. The molecule has 0 bridgehead atoms. The van der Waals surface area contributed by atoms with Crippen LogP contribution in [0.2, 0.25) is 0 Å². The van der Waals surface area contributed by atoms with E-state index < -0.39 is 30.2 Å². The van der Waals surface area contributed by atoms with E-state index in [4.69, 9.17) is 14.2 Å². The number of hydrogen-bond donors (Lipinski definition) is 1. The molecule has 0 heterocycles. The van der Waals surface area contributed by atoms with Gasteiger partial charge in [0.25, 0.3) is 0 Å². The van der Waals surface area contributed by atoms with Gasteiger partial charge in [-0.1, -0.05) is 56.3 Å². The minimum Gasteiger partial charge on any atom is -0.456 e. The fourth-order valence-corrected chi connectivity index (χ4v) is 3.01. The van der Waals surface area contributed by atoms with Crippen LogP contribution in [0.25, 0.3) is 0 Å². The summed E-state index contributed by atoms with van der Waals surface area (Å²) in [5.74, 6) is -1.18. The minimum atomic E-state index is -0.858. The molecule has 7 nitrogen and oxygen atoms in total. The molecule has 1 N–H and O–H groups in total. The minimum absolute atomic E-state index is 0.106. The van der Waals surface area contributed by atoms with E-state index in [9.17, 15) is 14.4 Å². The molecule has 166 valence electrons. The SMILES string of the molecule is CC(OC(=O)[C@@H](NC(=O)OCc1ccccc1)C(C)C)c1ccc(C(=O)OCI)cc1. The van der Waals surface area contributed by atoms with E-state index in [-0.39, 0.29) is 17.1 Å². The Bertz CT molecular complexity index is 869. The summed E-state index contributed by atoms with van der Waals surface area (Å²) in [4.78, 5) is 36.6. The van der Waals surface area contributed by atoms with E-state index in [1.807, 2.05) is 66.8 Å². The standard InChI is InChI=1S/C23H26INO6/c1-15(2)20(25-23(28)29-13-17-7-5-4-6-8-17)22(27)31-16(3)18-9-11-19(12-10-18)21(26)30-14-24/h4-12,15-16,20H,13-14H2,1-3H3,(H,25,28)/t16?,20-/m0/s1. The van der Waals surface area contributed by atoms with E-state index in [1.165, 1.54) is 0 Å². The Labute approximate surface area is 195 Å². The van der Waals surface area contributed by atoms with Crippen molar-refractivity contribution >= 4 is 40.6 Å². The highest BCUT2D eigenvalue weighted by atomic mass is 127.